The minimum atomic E-state index is -4.86. The molecule has 0 saturated carbocycles. The summed E-state index contributed by atoms with van der Waals surface area (Å²) >= 11 is 9.57. The molecule has 0 fully saturated rings. The van der Waals surface area contributed by atoms with E-state index in [0.29, 0.717) is 0 Å². The summed E-state index contributed by atoms with van der Waals surface area (Å²) in [7, 11) is -4.86. The van der Waals surface area contributed by atoms with Crippen LogP contribution in [-0.2, 0) is 13.7 Å². The predicted molar refractivity (Wildman–Crippen MR) is 40.9 cm³/mol. The molecule has 9 heteroatoms. The molecule has 4 nitrogen and oxygen atoms in total. The molecule has 0 radical (unpaired) electrons. The highest BCUT2D eigenvalue weighted by molar-refractivity contribution is 7.48. The van der Waals surface area contributed by atoms with Crippen LogP contribution in [0.4, 0.5) is 8.59 Å². The lowest BCUT2D eigenvalue weighted by Crippen LogP contribution is -1.92. The van der Waals surface area contributed by atoms with Crippen molar-refractivity contribution in [3.8, 4) is 0 Å². The van der Waals surface area contributed by atoms with E-state index in [1.165, 1.54) is 0 Å². The number of halogens is 4. The van der Waals surface area contributed by atoms with Gasteiger partial charge in [0.25, 0.3) is 0 Å². The highest BCUT2D eigenvalue weighted by Crippen LogP contribution is 2.50. The Kier molecular flexibility index (Phi) is 5.74. The van der Waals surface area contributed by atoms with Gasteiger partial charge in [0.2, 0.25) is 0 Å². The summed E-state index contributed by atoms with van der Waals surface area (Å²) in [6.45, 7) is -0.339. The fraction of sp³-hybridized carbons (Fsp3) is 0.667. The fourth-order valence-electron chi connectivity index (χ4n) is 0.247. The van der Waals surface area contributed by atoms with Crippen molar-refractivity contribution in [3.05, 3.63) is 0 Å². The lowest BCUT2D eigenvalue weighted by Gasteiger charge is -2.03. The first kappa shape index (κ1) is 12.1. The Morgan fingerprint density at radius 1 is 1.67 bits per heavy atom. The second kappa shape index (κ2) is 5.70. The number of hydrogen-bond acceptors (Lipinski definition) is 4. The molecule has 0 aromatic heterocycles. The normalized spacial score (nSPS) is 17.2. The zero-order chi connectivity index (χ0) is 9.61. The van der Waals surface area contributed by atoms with Crippen molar-refractivity contribution in [3.63, 3.8) is 0 Å². The maximum atomic E-state index is 12.4. The van der Waals surface area contributed by atoms with Crippen molar-refractivity contribution in [2.75, 3.05) is 12.5 Å². The van der Waals surface area contributed by atoms with Crippen LogP contribution in [0.2, 0.25) is 0 Å². The standard InChI is InChI=1S/C3H4Cl2F2NO3P/c4-1-2-10-12(7,9)11-8-3(5)6/h1-2H2. The largest absolute Gasteiger partial charge is 0.590 e. The van der Waals surface area contributed by atoms with Gasteiger partial charge in [0.05, 0.1) is 6.61 Å². The van der Waals surface area contributed by atoms with Crippen LogP contribution in [0.15, 0.2) is 5.16 Å². The number of oxime groups is 1. The van der Waals surface area contributed by atoms with Gasteiger partial charge in [0.15, 0.2) is 0 Å². The van der Waals surface area contributed by atoms with E-state index in [1.807, 2.05) is 0 Å². The third-order valence-electron chi connectivity index (χ3n) is 0.530. The molecule has 0 saturated heterocycles. The van der Waals surface area contributed by atoms with Crippen molar-refractivity contribution in [1.82, 2.24) is 0 Å². The maximum Gasteiger partial charge on any atom is 0.590 e. The van der Waals surface area contributed by atoms with Gasteiger partial charge < -0.3 is 0 Å². The Labute approximate surface area is 77.1 Å². The smallest absolute Gasteiger partial charge is 0.285 e. The molecular formula is C3H4Cl2F2NO3P. The Balaban J connectivity index is 3.88. The van der Waals surface area contributed by atoms with Crippen LogP contribution in [0.5, 0.6) is 0 Å². The fourth-order valence-corrected chi connectivity index (χ4v) is 1.04. The Morgan fingerprint density at radius 2 is 2.25 bits per heavy atom. The summed E-state index contributed by atoms with van der Waals surface area (Å²) in [5.41, 5.74) is -1.58. The third kappa shape index (κ3) is 6.79. The van der Waals surface area contributed by atoms with E-state index in [1.54, 1.807) is 0 Å². The minimum Gasteiger partial charge on any atom is -0.285 e. The lowest BCUT2D eigenvalue weighted by molar-refractivity contribution is 0.186. The summed E-state index contributed by atoms with van der Waals surface area (Å²) in [6.07, 6.45) is 0. The topological polar surface area (TPSA) is 47.9 Å². The van der Waals surface area contributed by atoms with E-state index in [9.17, 15) is 13.2 Å². The molecule has 0 aliphatic carbocycles. The first-order valence-electron chi connectivity index (χ1n) is 2.56. The van der Waals surface area contributed by atoms with Crippen LogP contribution in [-0.4, -0.2) is 17.9 Å². The molecule has 0 spiro atoms. The van der Waals surface area contributed by atoms with E-state index >= 15 is 0 Å². The van der Waals surface area contributed by atoms with Crippen LogP contribution in [0.3, 0.4) is 0 Å². The van der Waals surface area contributed by atoms with Gasteiger partial charge in [-0.25, -0.2) is 4.57 Å². The van der Waals surface area contributed by atoms with E-state index in [4.69, 9.17) is 11.6 Å². The molecule has 1 unspecified atom stereocenters. The highest BCUT2D eigenvalue weighted by Gasteiger charge is 2.25. The van der Waals surface area contributed by atoms with Crippen molar-refractivity contribution in [2.45, 2.75) is 0 Å². The molecule has 0 bridgehead atoms. The van der Waals surface area contributed by atoms with Crippen molar-refractivity contribution in [2.24, 2.45) is 5.16 Å². The van der Waals surface area contributed by atoms with Crippen LogP contribution in [0.25, 0.3) is 0 Å². The maximum absolute atomic E-state index is 12.4. The molecule has 0 aromatic carbocycles. The minimum absolute atomic E-state index is 0.0790. The van der Waals surface area contributed by atoms with Gasteiger partial charge >= 0.3 is 13.3 Å². The Bertz CT molecular complexity index is 210. The molecule has 0 amide bonds. The summed E-state index contributed by atoms with van der Waals surface area (Å²) in [5, 5.41) is 2.26. The number of rotatable bonds is 5. The molecule has 0 heterocycles. The van der Waals surface area contributed by atoms with Crippen molar-refractivity contribution < 1.29 is 22.3 Å². The summed E-state index contributed by atoms with van der Waals surface area (Å²) in [5.74, 6) is -0.0790. The monoisotopic (exact) mass is 241 g/mol. The molecule has 0 aromatic rings. The molecular weight excluding hydrogens is 238 g/mol. The first-order valence-corrected chi connectivity index (χ1v) is 4.90. The van der Waals surface area contributed by atoms with Crippen LogP contribution in [0, 0.1) is 0 Å². The van der Waals surface area contributed by atoms with Crippen LogP contribution in [0.1, 0.15) is 0 Å². The predicted octanol–water partition coefficient (Wildman–Crippen LogP) is 2.82. The van der Waals surface area contributed by atoms with Crippen LogP contribution < -0.4 is 0 Å². The van der Waals surface area contributed by atoms with Gasteiger partial charge in [-0.3, -0.25) is 9.15 Å². The first-order chi connectivity index (χ1) is 5.48. The molecule has 72 valence electrons. The van der Waals surface area contributed by atoms with Crippen molar-refractivity contribution >= 4 is 36.5 Å². The van der Waals surface area contributed by atoms with Gasteiger partial charge in [-0.05, 0) is 16.8 Å². The SMILES string of the molecule is O=P(F)(OCCCl)ON=C(F)Cl. The van der Waals surface area contributed by atoms with E-state index in [0.717, 1.165) is 0 Å². The Morgan fingerprint density at radius 3 is 2.67 bits per heavy atom. The molecule has 0 aliphatic rings. The zero-order valence-corrected chi connectivity index (χ0v) is 7.95. The zero-order valence-electron chi connectivity index (χ0n) is 5.55. The van der Waals surface area contributed by atoms with Gasteiger partial charge in [-0.2, -0.15) is 4.39 Å². The number of nitrogens with zero attached hydrogens (tertiary/aromatic N) is 1. The number of alkyl halides is 1. The van der Waals surface area contributed by atoms with Gasteiger partial charge in [0.1, 0.15) is 0 Å². The summed E-state index contributed by atoms with van der Waals surface area (Å²) in [4.78, 5) is 0. The molecule has 12 heavy (non-hydrogen) atoms. The highest BCUT2D eigenvalue weighted by atomic mass is 35.5. The van der Waals surface area contributed by atoms with Gasteiger partial charge in [-0.1, -0.05) is 0 Å². The third-order valence-corrected chi connectivity index (χ3v) is 1.52. The molecule has 0 N–H and O–H groups in total. The number of hydrogen-bond donors (Lipinski definition) is 0. The van der Waals surface area contributed by atoms with Gasteiger partial charge in [-0.15, -0.1) is 15.8 Å². The summed E-state index contributed by atoms with van der Waals surface area (Å²) < 4.78 is 41.7. The summed E-state index contributed by atoms with van der Waals surface area (Å²) in [6, 6.07) is 0. The van der Waals surface area contributed by atoms with E-state index < -0.39 is 13.3 Å². The lowest BCUT2D eigenvalue weighted by atomic mass is 10.9. The second-order valence-electron chi connectivity index (χ2n) is 1.37. The molecule has 0 rings (SSSR count). The van der Waals surface area contributed by atoms with Gasteiger partial charge in [0, 0.05) is 5.88 Å². The molecule has 1 atom stereocenters. The molecule has 0 aliphatic heterocycles. The van der Waals surface area contributed by atoms with E-state index in [2.05, 4.69) is 25.9 Å². The average Bonchev–Trinajstić information content (AvgIpc) is 1.98. The second-order valence-corrected chi connectivity index (χ2v) is 3.34. The van der Waals surface area contributed by atoms with Crippen molar-refractivity contribution in [1.29, 1.82) is 0 Å². The quantitative estimate of drug-likeness (QED) is 0.322. The van der Waals surface area contributed by atoms with Crippen LogP contribution >= 0.6 is 31.1 Å². The Hall–Kier alpha value is 0.1000. The average molecular weight is 242 g/mol. The van der Waals surface area contributed by atoms with E-state index in [-0.39, 0.29) is 12.5 Å².